The zero-order valence-corrected chi connectivity index (χ0v) is 17.6. The van der Waals surface area contributed by atoms with Gasteiger partial charge in [-0.2, -0.15) is 5.10 Å². The van der Waals surface area contributed by atoms with E-state index in [0.29, 0.717) is 39.9 Å². The third-order valence-corrected chi connectivity index (χ3v) is 6.63. The zero-order chi connectivity index (χ0) is 21.2. The van der Waals surface area contributed by atoms with Crippen molar-refractivity contribution in [1.82, 2.24) is 29.3 Å². The summed E-state index contributed by atoms with van der Waals surface area (Å²) in [5, 5.41) is 8.26. The maximum absolute atomic E-state index is 13.0. The first-order valence-corrected chi connectivity index (χ1v) is 10.7. The van der Waals surface area contributed by atoms with Crippen LogP contribution in [0.3, 0.4) is 0 Å². The van der Waals surface area contributed by atoms with Crippen LogP contribution in [-0.2, 0) is 0 Å². The van der Waals surface area contributed by atoms with Gasteiger partial charge in [-0.1, -0.05) is 6.07 Å². The number of fused-ring (bicyclic) bond motifs is 2. The van der Waals surface area contributed by atoms with Crippen LogP contribution in [0.1, 0.15) is 42.9 Å². The van der Waals surface area contributed by atoms with E-state index < -0.39 is 0 Å². The number of nitrogens with zero attached hydrogens (tertiary/aromatic N) is 5. The van der Waals surface area contributed by atoms with Crippen LogP contribution in [0, 0.1) is 6.92 Å². The van der Waals surface area contributed by atoms with Crippen LogP contribution in [0.15, 0.2) is 41.5 Å². The molecule has 1 spiro atoms. The molecule has 2 aliphatic rings. The summed E-state index contributed by atoms with van der Waals surface area (Å²) in [4.78, 5) is 22.2. The topological polar surface area (TPSA) is 85.8 Å². The minimum Gasteiger partial charge on any atom is -0.493 e. The lowest BCUT2D eigenvalue weighted by molar-refractivity contribution is 0.345. The Morgan fingerprint density at radius 1 is 1.16 bits per heavy atom. The van der Waals surface area contributed by atoms with Gasteiger partial charge < -0.3 is 10.1 Å². The lowest BCUT2D eigenvalue weighted by Crippen LogP contribution is -2.39. The smallest absolute Gasteiger partial charge is 0.258 e. The lowest BCUT2D eigenvalue weighted by atomic mass is 9.86. The molecule has 8 nitrogen and oxygen atoms in total. The quantitative estimate of drug-likeness (QED) is 0.553. The van der Waals surface area contributed by atoms with Crippen molar-refractivity contribution < 1.29 is 4.74 Å². The summed E-state index contributed by atoms with van der Waals surface area (Å²) in [6, 6.07) is 7.38. The predicted octanol–water partition coefficient (Wildman–Crippen LogP) is 2.72. The third kappa shape index (κ3) is 3.09. The number of nitrogens with one attached hydrogen (secondary N) is 1. The lowest BCUT2D eigenvalue weighted by Gasteiger charge is -2.30. The second kappa shape index (κ2) is 6.62. The molecule has 31 heavy (non-hydrogen) atoms. The summed E-state index contributed by atoms with van der Waals surface area (Å²) < 4.78 is 8.80. The van der Waals surface area contributed by atoms with Crippen LogP contribution in [0.5, 0.6) is 5.75 Å². The Morgan fingerprint density at radius 2 is 2.03 bits per heavy atom. The summed E-state index contributed by atoms with van der Waals surface area (Å²) in [7, 11) is 1.60. The highest BCUT2D eigenvalue weighted by molar-refractivity contribution is 5.64. The van der Waals surface area contributed by atoms with E-state index in [1.165, 1.54) is 18.4 Å². The Balaban J connectivity index is 1.42. The van der Waals surface area contributed by atoms with Crippen LogP contribution in [0.2, 0.25) is 0 Å². The molecule has 8 heteroatoms. The Labute approximate surface area is 178 Å². The molecule has 1 aliphatic heterocycles. The first-order valence-electron chi connectivity index (χ1n) is 10.7. The van der Waals surface area contributed by atoms with Gasteiger partial charge >= 0.3 is 0 Å². The summed E-state index contributed by atoms with van der Waals surface area (Å²) in [6.45, 7) is 2.94. The summed E-state index contributed by atoms with van der Waals surface area (Å²) in [5.41, 5.74) is 4.63. The van der Waals surface area contributed by atoms with Crippen LogP contribution in [0.25, 0.3) is 22.7 Å². The fourth-order valence-electron chi connectivity index (χ4n) is 4.80. The zero-order valence-electron chi connectivity index (χ0n) is 17.6. The van der Waals surface area contributed by atoms with Crippen molar-refractivity contribution in [2.24, 2.45) is 0 Å². The molecule has 2 fully saturated rings. The van der Waals surface area contributed by atoms with Gasteiger partial charge in [0, 0.05) is 23.9 Å². The second-order valence-corrected chi connectivity index (χ2v) is 8.82. The van der Waals surface area contributed by atoms with Gasteiger partial charge in [-0.3, -0.25) is 9.20 Å². The number of hydrogen-bond donors (Lipinski definition) is 1. The van der Waals surface area contributed by atoms with Crippen LogP contribution in [-0.4, -0.2) is 43.2 Å². The molecule has 1 aliphatic carbocycles. The van der Waals surface area contributed by atoms with Gasteiger partial charge in [-0.15, -0.1) is 0 Å². The molecular weight excluding hydrogens is 392 g/mol. The number of pyridine rings is 1. The molecule has 6 rings (SSSR count). The monoisotopic (exact) mass is 416 g/mol. The van der Waals surface area contributed by atoms with Crippen LogP contribution >= 0.6 is 0 Å². The van der Waals surface area contributed by atoms with Crippen molar-refractivity contribution in [3.63, 3.8) is 0 Å². The van der Waals surface area contributed by atoms with E-state index in [0.717, 1.165) is 25.1 Å². The normalized spacial score (nSPS) is 19.9. The molecule has 4 aromatic rings. The highest BCUT2D eigenvalue weighted by Crippen LogP contribution is 2.46. The largest absolute Gasteiger partial charge is 0.493 e. The number of imidazole rings is 1. The number of methoxy groups -OCH3 is 1. The molecule has 0 bridgehead atoms. The van der Waals surface area contributed by atoms with E-state index in [4.69, 9.17) is 9.72 Å². The van der Waals surface area contributed by atoms with Gasteiger partial charge in [0.2, 0.25) is 0 Å². The second-order valence-electron chi connectivity index (χ2n) is 8.82. The number of rotatable bonds is 3. The molecule has 0 aromatic carbocycles. The Kier molecular flexibility index (Phi) is 3.95. The van der Waals surface area contributed by atoms with Crippen molar-refractivity contribution >= 4 is 11.3 Å². The Hall–Kier alpha value is -3.26. The fraction of sp³-hybridized carbons (Fsp3) is 0.391. The molecule has 0 amide bonds. The minimum atomic E-state index is -0.111. The molecule has 1 unspecified atom stereocenters. The SMILES string of the molecule is COc1cc(-c2cc(=O)n3cc(C4CCNC5(CC5)C4)ccc3n2)nn2cc(C)nc12. The molecule has 5 heterocycles. The maximum Gasteiger partial charge on any atom is 0.258 e. The van der Waals surface area contributed by atoms with Gasteiger partial charge in [0.15, 0.2) is 11.4 Å². The van der Waals surface area contributed by atoms with E-state index >= 15 is 0 Å². The molecule has 1 saturated heterocycles. The Morgan fingerprint density at radius 3 is 2.84 bits per heavy atom. The fourth-order valence-corrected chi connectivity index (χ4v) is 4.80. The summed E-state index contributed by atoms with van der Waals surface area (Å²) >= 11 is 0. The minimum absolute atomic E-state index is 0.111. The third-order valence-electron chi connectivity index (χ3n) is 6.63. The summed E-state index contributed by atoms with van der Waals surface area (Å²) in [5.74, 6) is 1.08. The molecular formula is C23H24N6O2. The van der Waals surface area contributed by atoms with E-state index in [1.807, 2.05) is 25.4 Å². The average molecular weight is 416 g/mol. The van der Waals surface area contributed by atoms with Gasteiger partial charge in [0.05, 0.1) is 24.7 Å². The predicted molar refractivity (Wildman–Crippen MR) is 117 cm³/mol. The van der Waals surface area contributed by atoms with Crippen molar-refractivity contribution in [3.05, 3.63) is 58.3 Å². The van der Waals surface area contributed by atoms with E-state index in [9.17, 15) is 4.79 Å². The van der Waals surface area contributed by atoms with Gasteiger partial charge in [-0.05, 0) is 56.7 Å². The molecule has 1 N–H and O–H groups in total. The van der Waals surface area contributed by atoms with Crippen molar-refractivity contribution in [1.29, 1.82) is 0 Å². The molecule has 1 saturated carbocycles. The molecule has 0 radical (unpaired) electrons. The number of aryl methyl sites for hydroxylation is 1. The molecule has 1 atom stereocenters. The highest BCUT2D eigenvalue weighted by Gasteiger charge is 2.46. The number of aromatic nitrogens is 5. The first kappa shape index (κ1) is 18.5. The van der Waals surface area contributed by atoms with Gasteiger partial charge in [0.25, 0.3) is 5.56 Å². The van der Waals surface area contributed by atoms with Crippen LogP contribution < -0.4 is 15.6 Å². The maximum atomic E-state index is 13.0. The molecule has 158 valence electrons. The number of ether oxygens (including phenoxy) is 1. The summed E-state index contributed by atoms with van der Waals surface area (Å²) in [6.07, 6.45) is 8.57. The van der Waals surface area contributed by atoms with Crippen molar-refractivity contribution in [2.75, 3.05) is 13.7 Å². The molecule has 4 aromatic heterocycles. The average Bonchev–Trinajstić information content (AvgIpc) is 3.40. The standard InChI is InChI=1S/C23H24N6O2/c1-14-12-29-22(25-14)19(31-2)9-18(27-29)17-10-21(30)28-13-16(3-4-20(28)26-17)15-5-8-24-23(11-15)6-7-23/h3-4,9-10,12-13,15,24H,5-8,11H2,1-2H3. The Bertz CT molecular complexity index is 1380. The van der Waals surface area contributed by atoms with Gasteiger partial charge in [0.1, 0.15) is 11.3 Å². The van der Waals surface area contributed by atoms with Crippen LogP contribution in [0.4, 0.5) is 0 Å². The first-order chi connectivity index (χ1) is 15.0. The van der Waals surface area contributed by atoms with E-state index in [1.54, 1.807) is 28.2 Å². The van der Waals surface area contributed by atoms with E-state index in [-0.39, 0.29) is 5.56 Å². The van der Waals surface area contributed by atoms with Crippen molar-refractivity contribution in [3.8, 4) is 17.1 Å². The number of piperidine rings is 1. The number of hydrogen-bond acceptors (Lipinski definition) is 6. The van der Waals surface area contributed by atoms with Gasteiger partial charge in [-0.25, -0.2) is 14.5 Å². The van der Waals surface area contributed by atoms with E-state index in [2.05, 4.69) is 21.5 Å². The highest BCUT2D eigenvalue weighted by atomic mass is 16.5. The van der Waals surface area contributed by atoms with Crippen molar-refractivity contribution in [2.45, 2.75) is 44.1 Å².